The van der Waals surface area contributed by atoms with E-state index < -0.39 is 0 Å². The van der Waals surface area contributed by atoms with Crippen molar-refractivity contribution in [2.45, 2.75) is 13.8 Å². The molecule has 2 rings (SSSR count). The lowest BCUT2D eigenvalue weighted by Crippen LogP contribution is -2.02. The second kappa shape index (κ2) is 5.59. The molecule has 1 aromatic heterocycles. The van der Waals surface area contributed by atoms with Gasteiger partial charge in [-0.25, -0.2) is 9.97 Å². The molecular formula is C12H10Cl2IN3. The van der Waals surface area contributed by atoms with Crippen LogP contribution in [0.25, 0.3) is 0 Å². The smallest absolute Gasteiger partial charge is 0.138 e. The molecule has 0 aliphatic heterocycles. The molecular weight excluding hydrogens is 384 g/mol. The van der Waals surface area contributed by atoms with Crippen LogP contribution in [0.15, 0.2) is 18.2 Å². The van der Waals surface area contributed by atoms with Gasteiger partial charge in [0.25, 0.3) is 0 Å². The third-order valence-electron chi connectivity index (χ3n) is 2.38. The van der Waals surface area contributed by atoms with E-state index in [9.17, 15) is 0 Å². The molecule has 3 nitrogen and oxygen atoms in total. The van der Waals surface area contributed by atoms with Crippen molar-refractivity contribution >= 4 is 57.3 Å². The van der Waals surface area contributed by atoms with Crippen molar-refractivity contribution < 1.29 is 0 Å². The zero-order valence-electron chi connectivity index (χ0n) is 9.76. The molecule has 0 amide bonds. The fraction of sp³-hybridized carbons (Fsp3) is 0.167. The number of aromatic nitrogens is 2. The molecule has 1 N–H and O–H groups in total. The third-order valence-corrected chi connectivity index (χ3v) is 3.88. The van der Waals surface area contributed by atoms with Gasteiger partial charge in [0.05, 0.1) is 5.69 Å². The van der Waals surface area contributed by atoms with Crippen molar-refractivity contribution in [1.29, 1.82) is 0 Å². The minimum atomic E-state index is 0.467. The Morgan fingerprint density at radius 3 is 2.56 bits per heavy atom. The molecule has 0 spiro atoms. The molecule has 1 heterocycles. The average molecular weight is 394 g/mol. The highest BCUT2D eigenvalue weighted by molar-refractivity contribution is 14.1. The number of hydrogen-bond acceptors (Lipinski definition) is 3. The molecule has 0 radical (unpaired) electrons. The van der Waals surface area contributed by atoms with Crippen LogP contribution in [0.1, 0.15) is 11.4 Å². The SMILES string of the molecule is Cc1nc(Cl)c(C)c(Nc2ccc(Cl)cc2I)n1. The number of nitrogens with one attached hydrogen (secondary N) is 1. The molecule has 94 valence electrons. The molecule has 0 fully saturated rings. The van der Waals surface area contributed by atoms with E-state index in [1.807, 2.05) is 32.0 Å². The van der Waals surface area contributed by atoms with Crippen molar-refractivity contribution in [3.63, 3.8) is 0 Å². The summed E-state index contributed by atoms with van der Waals surface area (Å²) in [6, 6.07) is 5.63. The molecule has 0 aliphatic rings. The molecule has 0 saturated carbocycles. The van der Waals surface area contributed by atoms with Gasteiger partial charge in [-0.3, -0.25) is 0 Å². The van der Waals surface area contributed by atoms with E-state index in [1.54, 1.807) is 0 Å². The van der Waals surface area contributed by atoms with E-state index in [4.69, 9.17) is 23.2 Å². The largest absolute Gasteiger partial charge is 0.339 e. The van der Waals surface area contributed by atoms with Crippen molar-refractivity contribution in [1.82, 2.24) is 9.97 Å². The molecule has 0 saturated heterocycles. The van der Waals surface area contributed by atoms with Gasteiger partial charge in [-0.2, -0.15) is 0 Å². The number of aryl methyl sites for hydroxylation is 1. The summed E-state index contributed by atoms with van der Waals surface area (Å²) < 4.78 is 1.02. The van der Waals surface area contributed by atoms with Crippen molar-refractivity contribution in [3.05, 3.63) is 43.3 Å². The fourth-order valence-corrected chi connectivity index (χ4v) is 2.65. The molecule has 0 atom stereocenters. The monoisotopic (exact) mass is 393 g/mol. The first-order chi connectivity index (χ1) is 8.47. The number of benzene rings is 1. The average Bonchev–Trinajstić information content (AvgIpc) is 2.29. The lowest BCUT2D eigenvalue weighted by atomic mass is 10.3. The highest BCUT2D eigenvalue weighted by atomic mass is 127. The zero-order chi connectivity index (χ0) is 13.3. The van der Waals surface area contributed by atoms with Crippen molar-refractivity contribution in [2.75, 3.05) is 5.32 Å². The van der Waals surface area contributed by atoms with Crippen LogP contribution >= 0.6 is 45.8 Å². The van der Waals surface area contributed by atoms with Gasteiger partial charge in [0.1, 0.15) is 16.8 Å². The molecule has 0 bridgehead atoms. The Hall–Kier alpha value is -0.590. The van der Waals surface area contributed by atoms with Crippen LogP contribution in [0.3, 0.4) is 0 Å². The topological polar surface area (TPSA) is 37.8 Å². The minimum Gasteiger partial charge on any atom is -0.339 e. The maximum Gasteiger partial charge on any atom is 0.138 e. The van der Waals surface area contributed by atoms with Gasteiger partial charge in [-0.15, -0.1) is 0 Å². The normalized spacial score (nSPS) is 10.5. The van der Waals surface area contributed by atoms with E-state index in [2.05, 4.69) is 37.9 Å². The van der Waals surface area contributed by atoms with E-state index >= 15 is 0 Å². The van der Waals surface area contributed by atoms with Crippen LogP contribution in [0, 0.1) is 17.4 Å². The summed E-state index contributed by atoms with van der Waals surface area (Å²) >= 11 is 14.2. The second-order valence-electron chi connectivity index (χ2n) is 3.78. The maximum absolute atomic E-state index is 6.04. The fourth-order valence-electron chi connectivity index (χ4n) is 1.43. The number of hydrogen-bond donors (Lipinski definition) is 1. The summed E-state index contributed by atoms with van der Waals surface area (Å²) in [6.07, 6.45) is 0. The van der Waals surface area contributed by atoms with Gasteiger partial charge in [0, 0.05) is 14.2 Å². The third kappa shape index (κ3) is 3.05. The molecule has 6 heteroatoms. The van der Waals surface area contributed by atoms with E-state index in [0.717, 1.165) is 14.8 Å². The predicted octanol–water partition coefficient (Wildman–Crippen LogP) is 4.75. The second-order valence-corrected chi connectivity index (χ2v) is 5.74. The van der Waals surface area contributed by atoms with Crippen LogP contribution < -0.4 is 5.32 Å². The van der Waals surface area contributed by atoms with Crippen LogP contribution in [-0.4, -0.2) is 9.97 Å². The Balaban J connectivity index is 2.40. The predicted molar refractivity (Wildman–Crippen MR) is 84.0 cm³/mol. The van der Waals surface area contributed by atoms with Gasteiger partial charge in [0.2, 0.25) is 0 Å². The summed E-state index contributed by atoms with van der Waals surface area (Å²) in [5, 5.41) is 4.42. The van der Waals surface area contributed by atoms with Crippen LogP contribution in [-0.2, 0) is 0 Å². The highest BCUT2D eigenvalue weighted by Gasteiger charge is 2.09. The lowest BCUT2D eigenvalue weighted by Gasteiger charge is -2.11. The van der Waals surface area contributed by atoms with Gasteiger partial charge in [0.15, 0.2) is 0 Å². The quantitative estimate of drug-likeness (QED) is 0.591. The van der Waals surface area contributed by atoms with Gasteiger partial charge >= 0.3 is 0 Å². The molecule has 0 aliphatic carbocycles. The first-order valence-corrected chi connectivity index (χ1v) is 7.03. The maximum atomic E-state index is 6.04. The van der Waals surface area contributed by atoms with Crippen LogP contribution in [0.2, 0.25) is 10.2 Å². The molecule has 1 aromatic carbocycles. The van der Waals surface area contributed by atoms with E-state index in [-0.39, 0.29) is 0 Å². The number of nitrogens with zero attached hydrogens (tertiary/aromatic N) is 2. The van der Waals surface area contributed by atoms with Gasteiger partial charge in [-0.1, -0.05) is 23.2 Å². The van der Waals surface area contributed by atoms with E-state index in [0.29, 0.717) is 21.8 Å². The first kappa shape index (κ1) is 13.8. The molecule has 0 unspecified atom stereocenters. The summed E-state index contributed by atoms with van der Waals surface area (Å²) in [7, 11) is 0. The Kier molecular flexibility index (Phi) is 4.29. The van der Waals surface area contributed by atoms with Crippen molar-refractivity contribution in [3.8, 4) is 0 Å². The summed E-state index contributed by atoms with van der Waals surface area (Å²) in [6.45, 7) is 3.69. The van der Waals surface area contributed by atoms with Gasteiger partial charge in [-0.05, 0) is 54.6 Å². The van der Waals surface area contributed by atoms with Crippen LogP contribution in [0.4, 0.5) is 11.5 Å². The number of rotatable bonds is 2. The zero-order valence-corrected chi connectivity index (χ0v) is 13.4. The number of halogens is 3. The molecule has 2 aromatic rings. The summed E-state index contributed by atoms with van der Waals surface area (Å²) in [4.78, 5) is 8.45. The van der Waals surface area contributed by atoms with Gasteiger partial charge < -0.3 is 5.32 Å². The summed E-state index contributed by atoms with van der Waals surface area (Å²) in [5.41, 5.74) is 1.77. The minimum absolute atomic E-state index is 0.467. The Bertz CT molecular complexity index is 602. The Labute approximate surface area is 129 Å². The standard InChI is InChI=1S/C12H10Cl2IN3/c1-6-11(14)16-7(2)17-12(6)18-10-4-3-8(13)5-9(10)15/h3-5H,1-2H3,(H,16,17,18). The highest BCUT2D eigenvalue weighted by Crippen LogP contribution is 2.27. The van der Waals surface area contributed by atoms with Crippen molar-refractivity contribution in [2.24, 2.45) is 0 Å². The lowest BCUT2D eigenvalue weighted by molar-refractivity contribution is 1.04. The first-order valence-electron chi connectivity index (χ1n) is 5.20. The van der Waals surface area contributed by atoms with E-state index in [1.165, 1.54) is 0 Å². The Morgan fingerprint density at radius 2 is 1.89 bits per heavy atom. The Morgan fingerprint density at radius 1 is 1.17 bits per heavy atom. The summed E-state index contributed by atoms with van der Waals surface area (Å²) in [5.74, 6) is 1.35. The number of anilines is 2. The van der Waals surface area contributed by atoms with Crippen LogP contribution in [0.5, 0.6) is 0 Å². The molecule has 18 heavy (non-hydrogen) atoms.